The molecule has 15 heavy (non-hydrogen) atoms. The van der Waals surface area contributed by atoms with Crippen LogP contribution in [0.4, 0.5) is 5.00 Å². The van der Waals surface area contributed by atoms with Crippen LogP contribution in [0.25, 0.3) is 0 Å². The van der Waals surface area contributed by atoms with E-state index in [1.165, 1.54) is 22.5 Å². The summed E-state index contributed by atoms with van der Waals surface area (Å²) in [7, 11) is 0. The predicted octanol–water partition coefficient (Wildman–Crippen LogP) is 3.31. The van der Waals surface area contributed by atoms with Crippen molar-refractivity contribution in [2.45, 2.75) is 13.0 Å². The Labute approximate surface area is 94.0 Å². The van der Waals surface area contributed by atoms with Gasteiger partial charge in [-0.25, -0.2) is 0 Å². The zero-order chi connectivity index (χ0) is 10.1. The quantitative estimate of drug-likeness (QED) is 0.705. The summed E-state index contributed by atoms with van der Waals surface area (Å²) in [4.78, 5) is 2.47. The van der Waals surface area contributed by atoms with Gasteiger partial charge in [0, 0.05) is 13.1 Å². The molecule has 1 aromatic heterocycles. The van der Waals surface area contributed by atoms with Gasteiger partial charge >= 0.3 is 0 Å². The molecule has 0 bridgehead atoms. The maximum Gasteiger partial charge on any atom is 0.0911 e. The van der Waals surface area contributed by atoms with Crippen LogP contribution in [0.1, 0.15) is 11.1 Å². The minimum atomic E-state index is 1.07. The molecule has 0 saturated carbocycles. The van der Waals surface area contributed by atoms with Crippen LogP contribution in [0.2, 0.25) is 0 Å². The van der Waals surface area contributed by atoms with Crippen molar-refractivity contribution in [3.63, 3.8) is 0 Å². The van der Waals surface area contributed by atoms with Crippen LogP contribution in [-0.2, 0) is 13.0 Å². The third-order valence-electron chi connectivity index (χ3n) is 2.95. The van der Waals surface area contributed by atoms with Gasteiger partial charge in [-0.1, -0.05) is 24.3 Å². The molecule has 1 nitrogen and oxygen atoms in total. The fourth-order valence-corrected chi connectivity index (χ4v) is 2.89. The number of thiophene rings is 1. The van der Waals surface area contributed by atoms with E-state index in [0.29, 0.717) is 0 Å². The summed E-state index contributed by atoms with van der Waals surface area (Å²) < 4.78 is 0. The lowest BCUT2D eigenvalue weighted by molar-refractivity contribution is 0.738. The van der Waals surface area contributed by atoms with Gasteiger partial charge < -0.3 is 4.90 Å². The minimum Gasteiger partial charge on any atom is -0.359 e. The van der Waals surface area contributed by atoms with E-state index in [1.807, 2.05) is 11.3 Å². The highest BCUT2D eigenvalue weighted by atomic mass is 32.1. The van der Waals surface area contributed by atoms with Crippen molar-refractivity contribution >= 4 is 16.3 Å². The van der Waals surface area contributed by atoms with E-state index in [4.69, 9.17) is 0 Å². The summed E-state index contributed by atoms with van der Waals surface area (Å²) in [6.07, 6.45) is 1.17. The van der Waals surface area contributed by atoms with Gasteiger partial charge in [0.2, 0.25) is 0 Å². The Kier molecular flexibility index (Phi) is 2.22. The zero-order valence-electron chi connectivity index (χ0n) is 8.52. The Hall–Kier alpha value is -1.28. The molecule has 1 aliphatic heterocycles. The van der Waals surface area contributed by atoms with Gasteiger partial charge in [0.05, 0.1) is 5.00 Å². The van der Waals surface area contributed by atoms with Crippen molar-refractivity contribution < 1.29 is 0 Å². The molecule has 2 heterocycles. The Bertz CT molecular complexity index is 447. The molecule has 3 rings (SSSR count). The van der Waals surface area contributed by atoms with Crippen LogP contribution >= 0.6 is 11.3 Å². The Morgan fingerprint density at radius 3 is 2.67 bits per heavy atom. The smallest absolute Gasteiger partial charge is 0.0911 e. The van der Waals surface area contributed by atoms with E-state index in [0.717, 1.165) is 13.1 Å². The molecular formula is C13H13NS. The molecular weight excluding hydrogens is 202 g/mol. The summed E-state index contributed by atoms with van der Waals surface area (Å²) in [5.74, 6) is 0. The molecule has 1 aliphatic rings. The van der Waals surface area contributed by atoms with Crippen molar-refractivity contribution in [3.8, 4) is 0 Å². The van der Waals surface area contributed by atoms with Gasteiger partial charge in [0.1, 0.15) is 0 Å². The van der Waals surface area contributed by atoms with Gasteiger partial charge in [0.25, 0.3) is 0 Å². The lowest BCUT2D eigenvalue weighted by Crippen LogP contribution is -2.29. The third kappa shape index (κ3) is 1.65. The second kappa shape index (κ2) is 3.70. The van der Waals surface area contributed by atoms with E-state index in [2.05, 4.69) is 46.7 Å². The van der Waals surface area contributed by atoms with Gasteiger partial charge in [-0.05, 0) is 35.1 Å². The van der Waals surface area contributed by atoms with E-state index in [1.54, 1.807) is 0 Å². The molecule has 2 aromatic rings. The third-order valence-corrected chi connectivity index (χ3v) is 3.88. The molecule has 0 amide bonds. The molecule has 0 fully saturated rings. The molecule has 0 saturated heterocycles. The molecule has 0 aliphatic carbocycles. The Balaban J connectivity index is 1.89. The maximum absolute atomic E-state index is 2.47. The zero-order valence-corrected chi connectivity index (χ0v) is 9.33. The number of hydrogen-bond acceptors (Lipinski definition) is 2. The number of hydrogen-bond donors (Lipinski definition) is 0. The van der Waals surface area contributed by atoms with Crippen molar-refractivity contribution in [2.75, 3.05) is 11.4 Å². The van der Waals surface area contributed by atoms with Crippen molar-refractivity contribution in [3.05, 3.63) is 52.9 Å². The van der Waals surface area contributed by atoms with Gasteiger partial charge in [-0.15, -0.1) is 11.3 Å². The second-order valence-corrected chi connectivity index (χ2v) is 4.82. The van der Waals surface area contributed by atoms with Crippen LogP contribution in [-0.4, -0.2) is 6.54 Å². The van der Waals surface area contributed by atoms with Crippen LogP contribution < -0.4 is 4.90 Å². The number of anilines is 1. The van der Waals surface area contributed by atoms with Crippen LogP contribution in [0.15, 0.2) is 41.8 Å². The fraction of sp³-hybridized carbons (Fsp3) is 0.231. The molecule has 0 radical (unpaired) electrons. The average Bonchev–Trinajstić information content (AvgIpc) is 2.82. The SMILES string of the molecule is c1csc(N2CCc3ccccc3C2)c1. The molecule has 0 atom stereocenters. The van der Waals surface area contributed by atoms with E-state index >= 15 is 0 Å². The van der Waals surface area contributed by atoms with Crippen molar-refractivity contribution in [2.24, 2.45) is 0 Å². The normalized spacial score (nSPS) is 15.1. The first-order valence-corrected chi connectivity index (χ1v) is 6.17. The Morgan fingerprint density at radius 2 is 1.87 bits per heavy atom. The lowest BCUT2D eigenvalue weighted by atomic mass is 10.0. The van der Waals surface area contributed by atoms with Gasteiger partial charge in [-0.2, -0.15) is 0 Å². The number of benzene rings is 1. The minimum absolute atomic E-state index is 1.07. The topological polar surface area (TPSA) is 3.24 Å². The van der Waals surface area contributed by atoms with E-state index in [9.17, 15) is 0 Å². The molecule has 1 aromatic carbocycles. The van der Waals surface area contributed by atoms with Crippen molar-refractivity contribution in [1.29, 1.82) is 0 Å². The summed E-state index contributed by atoms with van der Waals surface area (Å²) >= 11 is 1.83. The molecule has 0 unspecified atom stereocenters. The summed E-state index contributed by atoms with van der Waals surface area (Å²) in [5, 5.41) is 3.54. The number of rotatable bonds is 1. The van der Waals surface area contributed by atoms with E-state index in [-0.39, 0.29) is 0 Å². The van der Waals surface area contributed by atoms with Crippen LogP contribution in [0.3, 0.4) is 0 Å². The van der Waals surface area contributed by atoms with Gasteiger partial charge in [-0.3, -0.25) is 0 Å². The highest BCUT2D eigenvalue weighted by Gasteiger charge is 2.15. The first kappa shape index (κ1) is 8.98. The van der Waals surface area contributed by atoms with Crippen LogP contribution in [0, 0.1) is 0 Å². The Morgan fingerprint density at radius 1 is 1.00 bits per heavy atom. The summed E-state index contributed by atoms with van der Waals surface area (Å²) in [6.45, 7) is 2.22. The standard InChI is InChI=1S/C13H13NS/c1-2-5-12-10-14(8-7-11(12)4-1)13-6-3-9-15-13/h1-6,9H,7-8,10H2. The maximum atomic E-state index is 2.47. The first-order valence-electron chi connectivity index (χ1n) is 5.29. The summed E-state index contributed by atoms with van der Waals surface area (Å²) in [5.41, 5.74) is 3.00. The predicted molar refractivity (Wildman–Crippen MR) is 65.5 cm³/mol. The number of nitrogens with zero attached hydrogens (tertiary/aromatic N) is 1. The molecule has 2 heteroatoms. The van der Waals surface area contributed by atoms with Crippen LogP contribution in [0.5, 0.6) is 0 Å². The monoisotopic (exact) mass is 215 g/mol. The average molecular weight is 215 g/mol. The molecule has 76 valence electrons. The summed E-state index contributed by atoms with van der Waals surface area (Å²) in [6, 6.07) is 13.1. The van der Waals surface area contributed by atoms with E-state index < -0.39 is 0 Å². The first-order chi connectivity index (χ1) is 7.43. The number of fused-ring (bicyclic) bond motifs is 1. The molecule has 0 N–H and O–H groups in total. The highest BCUT2D eigenvalue weighted by Crippen LogP contribution is 2.27. The molecule has 0 spiro atoms. The second-order valence-electron chi connectivity index (χ2n) is 3.89. The fourth-order valence-electron chi connectivity index (χ4n) is 2.13. The lowest BCUT2D eigenvalue weighted by Gasteiger charge is -2.29. The van der Waals surface area contributed by atoms with Gasteiger partial charge in [0.15, 0.2) is 0 Å². The highest BCUT2D eigenvalue weighted by molar-refractivity contribution is 7.14. The largest absolute Gasteiger partial charge is 0.359 e. The van der Waals surface area contributed by atoms with Crippen molar-refractivity contribution in [1.82, 2.24) is 0 Å².